The summed E-state index contributed by atoms with van der Waals surface area (Å²) in [4.78, 5) is 12.5. The van der Waals surface area contributed by atoms with E-state index in [0.717, 1.165) is 17.3 Å². The third-order valence-electron chi connectivity index (χ3n) is 3.28. The molecule has 2 atom stereocenters. The Morgan fingerprint density at radius 2 is 2.31 bits per heavy atom. The molecular formula is C12H16ClNOS. The molecular weight excluding hydrogens is 242 g/mol. The summed E-state index contributed by atoms with van der Waals surface area (Å²) in [6.07, 6.45) is 3.65. The van der Waals surface area contributed by atoms with Crippen molar-refractivity contribution in [2.24, 2.45) is 11.8 Å². The van der Waals surface area contributed by atoms with Crippen LogP contribution >= 0.6 is 22.9 Å². The summed E-state index contributed by atoms with van der Waals surface area (Å²) in [6.45, 7) is 0.772. The van der Waals surface area contributed by atoms with Gasteiger partial charge in [-0.05, 0) is 36.1 Å². The van der Waals surface area contributed by atoms with E-state index in [1.807, 2.05) is 17.5 Å². The van der Waals surface area contributed by atoms with Crippen LogP contribution in [0.3, 0.4) is 0 Å². The van der Waals surface area contributed by atoms with E-state index in [1.165, 1.54) is 30.6 Å². The van der Waals surface area contributed by atoms with Crippen LogP contribution in [-0.4, -0.2) is 18.3 Å². The molecule has 1 aliphatic rings. The Morgan fingerprint density at radius 1 is 1.50 bits per heavy atom. The molecule has 0 saturated heterocycles. The Kier molecular flexibility index (Phi) is 4.24. The quantitative estimate of drug-likeness (QED) is 0.825. The van der Waals surface area contributed by atoms with Gasteiger partial charge in [0.25, 0.3) is 5.91 Å². The Morgan fingerprint density at radius 3 is 3.00 bits per heavy atom. The van der Waals surface area contributed by atoms with Crippen LogP contribution in [0, 0.1) is 11.8 Å². The van der Waals surface area contributed by atoms with Gasteiger partial charge in [-0.25, -0.2) is 0 Å². The summed E-state index contributed by atoms with van der Waals surface area (Å²) in [5, 5.41) is 4.93. The van der Waals surface area contributed by atoms with E-state index in [-0.39, 0.29) is 5.91 Å². The number of hydrogen-bond acceptors (Lipinski definition) is 2. The van der Waals surface area contributed by atoms with Gasteiger partial charge in [0.15, 0.2) is 0 Å². The Bertz CT molecular complexity index is 339. The van der Waals surface area contributed by atoms with E-state index in [9.17, 15) is 4.79 Å². The zero-order valence-electron chi connectivity index (χ0n) is 9.12. The number of halogens is 1. The van der Waals surface area contributed by atoms with Crippen LogP contribution in [0.4, 0.5) is 0 Å². The third kappa shape index (κ3) is 2.77. The minimum atomic E-state index is 0.0511. The van der Waals surface area contributed by atoms with Crippen molar-refractivity contribution < 1.29 is 4.79 Å². The molecule has 1 fully saturated rings. The lowest BCUT2D eigenvalue weighted by Crippen LogP contribution is -2.30. The first-order valence-corrected chi connectivity index (χ1v) is 7.10. The lowest BCUT2D eigenvalue weighted by atomic mass is 9.98. The van der Waals surface area contributed by atoms with E-state index in [0.29, 0.717) is 11.8 Å². The molecule has 1 aromatic heterocycles. The maximum atomic E-state index is 11.7. The largest absolute Gasteiger partial charge is 0.351 e. The molecule has 0 bridgehead atoms. The van der Waals surface area contributed by atoms with Crippen molar-refractivity contribution in [2.45, 2.75) is 19.3 Å². The average molecular weight is 258 g/mol. The molecule has 1 N–H and O–H groups in total. The molecule has 2 unspecified atom stereocenters. The summed E-state index contributed by atoms with van der Waals surface area (Å²) >= 11 is 7.39. The van der Waals surface area contributed by atoms with E-state index >= 15 is 0 Å². The standard InChI is InChI=1S/C12H16ClNOS/c13-7-9-3-1-4-10(9)8-14-12(15)11-5-2-6-16-11/h2,5-6,9-10H,1,3-4,7-8H2,(H,14,15). The average Bonchev–Trinajstić information content (AvgIpc) is 2.96. The first-order chi connectivity index (χ1) is 7.81. The van der Waals surface area contributed by atoms with Crippen molar-refractivity contribution in [1.82, 2.24) is 5.32 Å². The smallest absolute Gasteiger partial charge is 0.261 e. The molecule has 1 amide bonds. The molecule has 4 heteroatoms. The normalized spacial score (nSPS) is 24.6. The van der Waals surface area contributed by atoms with Gasteiger partial charge >= 0.3 is 0 Å². The molecule has 0 aromatic carbocycles. The van der Waals surface area contributed by atoms with Crippen LogP contribution < -0.4 is 5.32 Å². The molecule has 0 aliphatic heterocycles. The zero-order valence-corrected chi connectivity index (χ0v) is 10.7. The summed E-state index contributed by atoms with van der Waals surface area (Å²) in [5.74, 6) is 1.93. The van der Waals surface area contributed by atoms with Crippen LogP contribution in [0.25, 0.3) is 0 Å². The fourth-order valence-electron chi connectivity index (χ4n) is 2.30. The summed E-state index contributed by atoms with van der Waals surface area (Å²) < 4.78 is 0. The second-order valence-corrected chi connectivity index (χ2v) is 5.55. The van der Waals surface area contributed by atoms with Gasteiger partial charge in [0, 0.05) is 12.4 Å². The molecule has 1 heterocycles. The SMILES string of the molecule is O=C(NCC1CCCC1CCl)c1cccs1. The van der Waals surface area contributed by atoms with Gasteiger partial charge in [-0.15, -0.1) is 22.9 Å². The van der Waals surface area contributed by atoms with Gasteiger partial charge in [-0.3, -0.25) is 4.79 Å². The number of nitrogens with one attached hydrogen (secondary N) is 1. The highest BCUT2D eigenvalue weighted by Gasteiger charge is 2.26. The monoisotopic (exact) mass is 257 g/mol. The fourth-order valence-corrected chi connectivity index (χ4v) is 3.35. The van der Waals surface area contributed by atoms with E-state index in [2.05, 4.69) is 5.32 Å². The zero-order chi connectivity index (χ0) is 11.4. The van der Waals surface area contributed by atoms with Crippen molar-refractivity contribution >= 4 is 28.8 Å². The molecule has 88 valence electrons. The molecule has 0 spiro atoms. The van der Waals surface area contributed by atoms with Crippen LogP contribution in [0.15, 0.2) is 17.5 Å². The number of rotatable bonds is 4. The number of thiophene rings is 1. The van der Waals surface area contributed by atoms with Crippen molar-refractivity contribution in [3.63, 3.8) is 0 Å². The van der Waals surface area contributed by atoms with Crippen molar-refractivity contribution in [2.75, 3.05) is 12.4 Å². The second-order valence-electron chi connectivity index (χ2n) is 4.29. The molecule has 1 saturated carbocycles. The fraction of sp³-hybridized carbons (Fsp3) is 0.583. The molecule has 1 aliphatic carbocycles. The second kappa shape index (κ2) is 5.69. The van der Waals surface area contributed by atoms with Crippen LogP contribution in [0.1, 0.15) is 28.9 Å². The lowest BCUT2D eigenvalue weighted by Gasteiger charge is -2.17. The van der Waals surface area contributed by atoms with E-state index < -0.39 is 0 Å². The Balaban J connectivity index is 1.81. The van der Waals surface area contributed by atoms with Gasteiger partial charge in [-0.2, -0.15) is 0 Å². The number of carbonyl (C=O) groups is 1. The van der Waals surface area contributed by atoms with Crippen molar-refractivity contribution in [3.8, 4) is 0 Å². The molecule has 0 radical (unpaired) electrons. The highest BCUT2D eigenvalue weighted by molar-refractivity contribution is 7.12. The highest BCUT2D eigenvalue weighted by atomic mass is 35.5. The predicted octanol–water partition coefficient (Wildman–Crippen LogP) is 3.13. The number of alkyl halides is 1. The number of carbonyl (C=O) groups excluding carboxylic acids is 1. The maximum Gasteiger partial charge on any atom is 0.261 e. The lowest BCUT2D eigenvalue weighted by molar-refractivity contribution is 0.0949. The van der Waals surface area contributed by atoms with Gasteiger partial charge in [0.05, 0.1) is 4.88 Å². The van der Waals surface area contributed by atoms with Crippen molar-refractivity contribution in [1.29, 1.82) is 0 Å². The first kappa shape index (κ1) is 11.9. The predicted molar refractivity (Wildman–Crippen MR) is 68.2 cm³/mol. The van der Waals surface area contributed by atoms with Crippen LogP contribution in [-0.2, 0) is 0 Å². The topological polar surface area (TPSA) is 29.1 Å². The van der Waals surface area contributed by atoms with Gasteiger partial charge in [0.2, 0.25) is 0 Å². The summed E-state index contributed by atoms with van der Waals surface area (Å²) in [6, 6.07) is 3.75. The Hall–Kier alpha value is -0.540. The number of hydrogen-bond donors (Lipinski definition) is 1. The van der Waals surface area contributed by atoms with Gasteiger partial charge in [0.1, 0.15) is 0 Å². The maximum absolute atomic E-state index is 11.7. The van der Waals surface area contributed by atoms with Crippen LogP contribution in [0.5, 0.6) is 0 Å². The number of amides is 1. The Labute approximate surface area is 105 Å². The first-order valence-electron chi connectivity index (χ1n) is 5.69. The highest BCUT2D eigenvalue weighted by Crippen LogP contribution is 2.31. The molecule has 16 heavy (non-hydrogen) atoms. The molecule has 2 rings (SSSR count). The third-order valence-corrected chi connectivity index (χ3v) is 4.55. The van der Waals surface area contributed by atoms with Crippen LogP contribution in [0.2, 0.25) is 0 Å². The summed E-state index contributed by atoms with van der Waals surface area (Å²) in [5.41, 5.74) is 0. The van der Waals surface area contributed by atoms with Gasteiger partial charge < -0.3 is 5.32 Å². The van der Waals surface area contributed by atoms with Crippen molar-refractivity contribution in [3.05, 3.63) is 22.4 Å². The van der Waals surface area contributed by atoms with E-state index in [4.69, 9.17) is 11.6 Å². The molecule has 1 aromatic rings. The minimum absolute atomic E-state index is 0.0511. The molecule has 2 nitrogen and oxygen atoms in total. The van der Waals surface area contributed by atoms with Gasteiger partial charge in [-0.1, -0.05) is 12.5 Å². The van der Waals surface area contributed by atoms with E-state index in [1.54, 1.807) is 0 Å². The minimum Gasteiger partial charge on any atom is -0.351 e. The summed E-state index contributed by atoms with van der Waals surface area (Å²) in [7, 11) is 0.